The number of rotatable bonds is 4. The largest absolute Gasteiger partial charge is 0.269 e. The molecule has 0 saturated carbocycles. The van der Waals surface area contributed by atoms with E-state index < -0.39 is 0 Å². The van der Waals surface area contributed by atoms with Crippen LogP contribution < -0.4 is 11.1 Å². The number of hydrogen-bond acceptors (Lipinski definition) is 5. The number of pyridine rings is 1. The van der Waals surface area contributed by atoms with Crippen LogP contribution in [0.5, 0.6) is 0 Å². The van der Waals surface area contributed by atoms with Crippen molar-refractivity contribution in [1.29, 1.82) is 0 Å². The van der Waals surface area contributed by atoms with Crippen LogP contribution >= 0.6 is 11.8 Å². The van der Waals surface area contributed by atoms with E-state index in [9.17, 15) is 9.59 Å². The van der Waals surface area contributed by atoms with Crippen LogP contribution in [0.4, 0.5) is 0 Å². The molecule has 5 rings (SSSR count). The third-order valence-electron chi connectivity index (χ3n) is 5.69. The summed E-state index contributed by atoms with van der Waals surface area (Å²) in [4.78, 5) is 35.7. The van der Waals surface area contributed by atoms with E-state index in [1.54, 1.807) is 21.1 Å². The summed E-state index contributed by atoms with van der Waals surface area (Å²) in [7, 11) is 0. The molecule has 0 aliphatic rings. The van der Waals surface area contributed by atoms with Gasteiger partial charge < -0.3 is 0 Å². The molecule has 7 heteroatoms. The molecular weight excluding hydrogens is 432 g/mol. The van der Waals surface area contributed by atoms with Gasteiger partial charge in [-0.15, -0.1) is 0 Å². The van der Waals surface area contributed by atoms with E-state index in [1.807, 2.05) is 75.4 Å². The van der Waals surface area contributed by atoms with E-state index >= 15 is 0 Å². The monoisotopic (exact) mass is 454 g/mol. The maximum Gasteiger partial charge on any atom is 0.266 e. The molecule has 0 aliphatic heterocycles. The van der Waals surface area contributed by atoms with Crippen molar-refractivity contribution >= 4 is 28.3 Å². The Morgan fingerprint density at radius 3 is 2.36 bits per heavy atom. The predicted octanol–water partition coefficient (Wildman–Crippen LogP) is 4.61. The van der Waals surface area contributed by atoms with Gasteiger partial charge in [-0.3, -0.25) is 18.6 Å². The fourth-order valence-electron chi connectivity index (χ4n) is 4.14. The Morgan fingerprint density at radius 2 is 1.58 bits per heavy atom. The lowest BCUT2D eigenvalue weighted by atomic mass is 10.1. The van der Waals surface area contributed by atoms with Crippen molar-refractivity contribution in [2.45, 2.75) is 31.7 Å². The van der Waals surface area contributed by atoms with Gasteiger partial charge in [0.1, 0.15) is 5.65 Å². The molecule has 0 amide bonds. The molecule has 164 valence electrons. The zero-order valence-electron chi connectivity index (χ0n) is 18.6. The Morgan fingerprint density at radius 1 is 0.848 bits per heavy atom. The molecule has 0 radical (unpaired) electrons. The van der Waals surface area contributed by atoms with Crippen molar-refractivity contribution in [3.8, 4) is 5.69 Å². The smallest absolute Gasteiger partial charge is 0.266 e. The molecule has 0 bridgehead atoms. The number of benzene rings is 2. The Kier molecular flexibility index (Phi) is 5.34. The molecule has 0 N–H and O–H groups in total. The first kappa shape index (κ1) is 21.2. The lowest BCUT2D eigenvalue weighted by Crippen LogP contribution is -2.23. The Labute approximate surface area is 194 Å². The Balaban J connectivity index is 1.65. The number of thioether (sulfide) groups is 1. The van der Waals surface area contributed by atoms with E-state index in [2.05, 4.69) is 4.98 Å². The Bertz CT molecular complexity index is 1630. The van der Waals surface area contributed by atoms with Crippen LogP contribution in [0.15, 0.2) is 81.5 Å². The number of nitrogens with zero attached hydrogens (tertiary/aromatic N) is 4. The predicted molar refractivity (Wildman–Crippen MR) is 133 cm³/mol. The first-order valence-corrected chi connectivity index (χ1v) is 11.6. The standard InChI is InChI=1S/C26H22N4O2S/c1-16-8-6-9-17(2)24(16)30-25(32)20-11-4-5-12-21(20)28-26(30)33-15-19-14-23(31)29-18(3)10-7-13-22(29)27-19/h4-14H,15H2,1-3H3. The molecule has 0 unspecified atom stereocenters. The fraction of sp³-hybridized carbons (Fsp3) is 0.154. The van der Waals surface area contributed by atoms with Gasteiger partial charge in [0, 0.05) is 17.5 Å². The minimum Gasteiger partial charge on any atom is -0.269 e. The average molecular weight is 455 g/mol. The summed E-state index contributed by atoms with van der Waals surface area (Å²) in [6.45, 7) is 5.87. The number of aryl methyl sites for hydroxylation is 3. The van der Waals surface area contributed by atoms with Crippen LogP contribution in [-0.4, -0.2) is 18.9 Å². The number of aromatic nitrogens is 4. The summed E-state index contributed by atoms with van der Waals surface area (Å²) < 4.78 is 3.28. The molecule has 0 fully saturated rings. The lowest BCUT2D eigenvalue weighted by Gasteiger charge is -2.17. The maximum atomic E-state index is 13.6. The first-order valence-electron chi connectivity index (χ1n) is 10.6. The van der Waals surface area contributed by atoms with Gasteiger partial charge >= 0.3 is 0 Å². The van der Waals surface area contributed by atoms with Crippen LogP contribution in [0, 0.1) is 20.8 Å². The molecule has 3 heterocycles. The molecule has 3 aromatic heterocycles. The van der Waals surface area contributed by atoms with Crippen molar-refractivity contribution in [2.75, 3.05) is 0 Å². The van der Waals surface area contributed by atoms with Crippen molar-refractivity contribution in [3.63, 3.8) is 0 Å². The number of hydrogen-bond donors (Lipinski definition) is 0. The zero-order valence-corrected chi connectivity index (χ0v) is 19.4. The highest BCUT2D eigenvalue weighted by Gasteiger charge is 2.17. The Hall–Kier alpha value is -3.71. The van der Waals surface area contributed by atoms with Crippen molar-refractivity contribution in [1.82, 2.24) is 18.9 Å². The summed E-state index contributed by atoms with van der Waals surface area (Å²) in [5, 5.41) is 1.14. The minimum atomic E-state index is -0.118. The van der Waals surface area contributed by atoms with Crippen LogP contribution in [0.1, 0.15) is 22.5 Å². The van der Waals surface area contributed by atoms with E-state index in [-0.39, 0.29) is 11.1 Å². The zero-order chi connectivity index (χ0) is 23.1. The second-order valence-corrected chi connectivity index (χ2v) is 8.97. The van der Waals surface area contributed by atoms with Gasteiger partial charge in [0.2, 0.25) is 0 Å². The van der Waals surface area contributed by atoms with E-state index in [0.29, 0.717) is 33.2 Å². The lowest BCUT2D eigenvalue weighted by molar-refractivity contribution is 0.808. The number of para-hydroxylation sites is 2. The maximum absolute atomic E-state index is 13.6. The molecule has 0 spiro atoms. The third-order valence-corrected chi connectivity index (χ3v) is 6.66. The molecule has 0 aliphatic carbocycles. The topological polar surface area (TPSA) is 69.3 Å². The second-order valence-electron chi connectivity index (χ2n) is 8.03. The molecule has 5 aromatic rings. The highest BCUT2D eigenvalue weighted by atomic mass is 32.2. The number of fused-ring (bicyclic) bond motifs is 2. The van der Waals surface area contributed by atoms with Gasteiger partial charge in [0.25, 0.3) is 11.1 Å². The summed E-state index contributed by atoms with van der Waals surface area (Å²) in [5.41, 5.74) is 5.34. The molecular formula is C26H22N4O2S. The molecule has 2 aromatic carbocycles. The van der Waals surface area contributed by atoms with Crippen molar-refractivity contribution < 1.29 is 0 Å². The van der Waals surface area contributed by atoms with Gasteiger partial charge in [-0.2, -0.15) is 0 Å². The van der Waals surface area contributed by atoms with Gasteiger partial charge in [0.05, 0.1) is 22.3 Å². The van der Waals surface area contributed by atoms with Gasteiger partial charge in [-0.25, -0.2) is 9.97 Å². The van der Waals surface area contributed by atoms with Crippen LogP contribution in [0.2, 0.25) is 0 Å². The highest BCUT2D eigenvalue weighted by Crippen LogP contribution is 2.27. The first-order chi connectivity index (χ1) is 15.9. The van der Waals surface area contributed by atoms with Gasteiger partial charge in [-0.05, 0) is 56.2 Å². The minimum absolute atomic E-state index is 0.109. The quantitative estimate of drug-likeness (QED) is 0.293. The second kappa shape index (κ2) is 8.33. The fourth-order valence-corrected chi connectivity index (χ4v) is 5.03. The van der Waals surface area contributed by atoms with E-state index in [0.717, 1.165) is 22.5 Å². The normalized spacial score (nSPS) is 11.4. The molecule has 33 heavy (non-hydrogen) atoms. The molecule has 0 saturated heterocycles. The summed E-state index contributed by atoms with van der Waals surface area (Å²) in [6.07, 6.45) is 0. The average Bonchev–Trinajstić information content (AvgIpc) is 2.79. The van der Waals surface area contributed by atoms with Crippen LogP contribution in [0.25, 0.3) is 22.2 Å². The molecule has 6 nitrogen and oxygen atoms in total. The van der Waals surface area contributed by atoms with E-state index in [1.165, 1.54) is 11.8 Å². The summed E-state index contributed by atoms with van der Waals surface area (Å²) in [6, 6.07) is 20.5. The summed E-state index contributed by atoms with van der Waals surface area (Å²) >= 11 is 1.40. The van der Waals surface area contributed by atoms with Gasteiger partial charge in [-0.1, -0.05) is 48.2 Å². The van der Waals surface area contributed by atoms with E-state index in [4.69, 9.17) is 4.98 Å². The van der Waals surface area contributed by atoms with Gasteiger partial charge in [0.15, 0.2) is 5.16 Å². The third kappa shape index (κ3) is 3.74. The van der Waals surface area contributed by atoms with Crippen molar-refractivity contribution in [3.05, 3.63) is 110 Å². The van der Waals surface area contributed by atoms with Crippen molar-refractivity contribution in [2.24, 2.45) is 0 Å². The van der Waals surface area contributed by atoms with Crippen LogP contribution in [-0.2, 0) is 5.75 Å². The summed E-state index contributed by atoms with van der Waals surface area (Å²) in [5.74, 6) is 0.412. The van der Waals surface area contributed by atoms with Crippen LogP contribution in [0.3, 0.4) is 0 Å². The molecule has 0 atom stereocenters. The SMILES string of the molecule is Cc1cccc(C)c1-n1c(SCc2cc(=O)n3c(C)cccc3n2)nc2ccccc2c1=O. The highest BCUT2D eigenvalue weighted by molar-refractivity contribution is 7.98.